The molecule has 4 aromatic carbocycles. The summed E-state index contributed by atoms with van der Waals surface area (Å²) in [4.78, 5) is 11.7. The zero-order valence-electron chi connectivity index (χ0n) is 19.3. The van der Waals surface area contributed by atoms with E-state index >= 15 is 0 Å². The van der Waals surface area contributed by atoms with Gasteiger partial charge in [0.05, 0.1) is 12.2 Å². The zero-order valence-corrected chi connectivity index (χ0v) is 19.3. The van der Waals surface area contributed by atoms with Crippen LogP contribution in [0.4, 0.5) is 0 Å². The number of carbonyl (C=O) groups is 1. The average Bonchev–Trinajstić information content (AvgIpc) is 2.82. The van der Waals surface area contributed by atoms with Crippen LogP contribution in [0.1, 0.15) is 46.9 Å². The number of ether oxygens (including phenoxy) is 1. The van der Waals surface area contributed by atoms with Gasteiger partial charge in [-0.1, -0.05) is 48.5 Å². The third-order valence-corrected chi connectivity index (χ3v) is 6.06. The second kappa shape index (κ2) is 9.88. The van der Waals surface area contributed by atoms with Crippen LogP contribution in [0.3, 0.4) is 0 Å². The first-order chi connectivity index (χ1) is 16.0. The average molecular weight is 440 g/mol. The van der Waals surface area contributed by atoms with E-state index in [-0.39, 0.29) is 6.04 Å². The SMILES string of the molecule is CCOc1cccc([C@@H](C)NCc2cc(-c3cccc(C(=O)O)c3C)c3ccccc3c2)c1. The molecule has 0 saturated heterocycles. The molecule has 0 bridgehead atoms. The minimum atomic E-state index is -0.903. The number of aromatic carboxylic acids is 1. The number of fused-ring (bicyclic) bond motifs is 1. The number of benzene rings is 4. The number of hydrogen-bond acceptors (Lipinski definition) is 3. The van der Waals surface area contributed by atoms with Gasteiger partial charge in [-0.15, -0.1) is 0 Å². The monoisotopic (exact) mass is 439 g/mol. The maximum atomic E-state index is 11.7. The first kappa shape index (κ1) is 22.6. The molecule has 2 N–H and O–H groups in total. The molecule has 1 atom stereocenters. The van der Waals surface area contributed by atoms with Crippen molar-refractivity contribution in [1.82, 2.24) is 5.32 Å². The van der Waals surface area contributed by atoms with Crippen molar-refractivity contribution in [2.45, 2.75) is 33.4 Å². The molecule has 0 spiro atoms. The summed E-state index contributed by atoms with van der Waals surface area (Å²) in [5.74, 6) is -0.0231. The van der Waals surface area contributed by atoms with Gasteiger partial charge in [-0.05, 0) is 89.7 Å². The quantitative estimate of drug-likeness (QED) is 0.318. The first-order valence-electron chi connectivity index (χ1n) is 11.3. The summed E-state index contributed by atoms with van der Waals surface area (Å²) >= 11 is 0. The van der Waals surface area contributed by atoms with E-state index in [0.717, 1.165) is 38.8 Å². The predicted octanol–water partition coefficient (Wildman–Crippen LogP) is 6.76. The second-order valence-electron chi connectivity index (χ2n) is 8.26. The minimum Gasteiger partial charge on any atom is -0.494 e. The summed E-state index contributed by atoms with van der Waals surface area (Å²) in [5.41, 5.74) is 5.44. The molecule has 0 radical (unpaired) electrons. The van der Waals surface area contributed by atoms with Crippen LogP contribution in [0.2, 0.25) is 0 Å². The summed E-state index contributed by atoms with van der Waals surface area (Å²) < 4.78 is 5.64. The van der Waals surface area contributed by atoms with Crippen molar-refractivity contribution in [3.63, 3.8) is 0 Å². The van der Waals surface area contributed by atoms with Crippen molar-refractivity contribution in [1.29, 1.82) is 0 Å². The van der Waals surface area contributed by atoms with Gasteiger partial charge in [0.2, 0.25) is 0 Å². The maximum Gasteiger partial charge on any atom is 0.335 e. The maximum absolute atomic E-state index is 11.7. The van der Waals surface area contributed by atoms with Crippen molar-refractivity contribution < 1.29 is 14.6 Å². The van der Waals surface area contributed by atoms with Gasteiger partial charge in [0.25, 0.3) is 0 Å². The van der Waals surface area contributed by atoms with E-state index in [1.165, 1.54) is 5.56 Å². The highest BCUT2D eigenvalue weighted by molar-refractivity contribution is 6.00. The van der Waals surface area contributed by atoms with Gasteiger partial charge in [-0.25, -0.2) is 4.79 Å². The molecule has 0 amide bonds. The summed E-state index contributed by atoms with van der Waals surface area (Å²) in [7, 11) is 0. The van der Waals surface area contributed by atoms with Crippen LogP contribution in [0, 0.1) is 6.92 Å². The van der Waals surface area contributed by atoms with Gasteiger partial charge in [0, 0.05) is 12.6 Å². The van der Waals surface area contributed by atoms with Gasteiger partial charge in [0.15, 0.2) is 0 Å². The lowest BCUT2D eigenvalue weighted by Gasteiger charge is -2.18. The van der Waals surface area contributed by atoms with Crippen LogP contribution >= 0.6 is 0 Å². The number of hydrogen-bond donors (Lipinski definition) is 2. The molecule has 0 aliphatic rings. The van der Waals surface area contributed by atoms with Crippen molar-refractivity contribution in [2.75, 3.05) is 6.61 Å². The van der Waals surface area contributed by atoms with E-state index in [1.54, 1.807) is 6.07 Å². The zero-order chi connectivity index (χ0) is 23.4. The van der Waals surface area contributed by atoms with Crippen LogP contribution in [0.15, 0.2) is 78.9 Å². The summed E-state index contributed by atoms with van der Waals surface area (Å²) in [6.07, 6.45) is 0. The molecule has 4 nitrogen and oxygen atoms in total. The van der Waals surface area contributed by atoms with E-state index in [0.29, 0.717) is 18.7 Å². The minimum absolute atomic E-state index is 0.150. The van der Waals surface area contributed by atoms with Crippen LogP contribution in [0.5, 0.6) is 5.75 Å². The highest BCUT2D eigenvalue weighted by Crippen LogP contribution is 2.33. The molecule has 0 heterocycles. The molecule has 0 saturated carbocycles. The van der Waals surface area contributed by atoms with E-state index in [4.69, 9.17) is 4.74 Å². The van der Waals surface area contributed by atoms with Crippen LogP contribution in [-0.4, -0.2) is 17.7 Å². The Balaban J connectivity index is 1.67. The van der Waals surface area contributed by atoms with E-state index in [9.17, 15) is 9.90 Å². The van der Waals surface area contributed by atoms with Crippen molar-refractivity contribution >= 4 is 16.7 Å². The number of carboxylic acids is 1. The summed E-state index contributed by atoms with van der Waals surface area (Å²) in [6, 6.07) is 26.4. The van der Waals surface area contributed by atoms with Gasteiger partial charge < -0.3 is 15.2 Å². The molecular formula is C29H29NO3. The van der Waals surface area contributed by atoms with E-state index < -0.39 is 5.97 Å². The molecule has 168 valence electrons. The Labute approximate surface area is 194 Å². The fourth-order valence-electron chi connectivity index (χ4n) is 4.29. The molecule has 0 aliphatic carbocycles. The molecular weight excluding hydrogens is 410 g/mol. The topological polar surface area (TPSA) is 58.6 Å². The third kappa shape index (κ3) is 4.91. The van der Waals surface area contributed by atoms with E-state index in [2.05, 4.69) is 48.6 Å². The lowest BCUT2D eigenvalue weighted by molar-refractivity contribution is 0.0696. The molecule has 0 unspecified atom stereocenters. The molecule has 0 fully saturated rings. The number of carboxylic acid groups (broad SMARTS) is 1. The fourth-order valence-corrected chi connectivity index (χ4v) is 4.29. The highest BCUT2D eigenvalue weighted by Gasteiger charge is 2.15. The Kier molecular flexibility index (Phi) is 6.76. The van der Waals surface area contributed by atoms with Crippen LogP contribution < -0.4 is 10.1 Å². The van der Waals surface area contributed by atoms with E-state index in [1.807, 2.05) is 50.2 Å². The molecule has 33 heavy (non-hydrogen) atoms. The van der Waals surface area contributed by atoms with Crippen LogP contribution in [0.25, 0.3) is 21.9 Å². The fraction of sp³-hybridized carbons (Fsp3) is 0.207. The number of rotatable bonds is 8. The summed E-state index contributed by atoms with van der Waals surface area (Å²) in [5, 5.41) is 15.5. The molecule has 0 aliphatic heterocycles. The third-order valence-electron chi connectivity index (χ3n) is 6.06. The van der Waals surface area contributed by atoms with Crippen molar-refractivity contribution in [3.05, 3.63) is 101 Å². The van der Waals surface area contributed by atoms with Crippen molar-refractivity contribution in [3.8, 4) is 16.9 Å². The first-order valence-corrected chi connectivity index (χ1v) is 11.3. The van der Waals surface area contributed by atoms with Crippen molar-refractivity contribution in [2.24, 2.45) is 0 Å². The smallest absolute Gasteiger partial charge is 0.335 e. The lowest BCUT2D eigenvalue weighted by Crippen LogP contribution is -2.18. The Hall–Kier alpha value is -3.63. The molecule has 0 aromatic heterocycles. The molecule has 4 heteroatoms. The molecule has 4 rings (SSSR count). The van der Waals surface area contributed by atoms with Crippen LogP contribution in [-0.2, 0) is 6.54 Å². The molecule has 4 aromatic rings. The number of nitrogens with one attached hydrogen (secondary N) is 1. The standard InChI is InChI=1S/C29H29NO3/c1-4-33-24-11-7-10-22(17-24)20(3)30-18-21-15-23-9-5-6-12-27(23)28(16-21)25-13-8-14-26(19(25)2)29(31)32/h5-17,20,30H,4,18H2,1-3H3,(H,31,32)/t20-/m1/s1. The van der Waals surface area contributed by atoms with Gasteiger partial charge in [-0.3, -0.25) is 0 Å². The Morgan fingerprint density at radius 3 is 2.55 bits per heavy atom. The Morgan fingerprint density at radius 2 is 1.76 bits per heavy atom. The normalized spacial score (nSPS) is 12.0. The summed E-state index contributed by atoms with van der Waals surface area (Å²) in [6.45, 7) is 7.35. The van der Waals surface area contributed by atoms with Gasteiger partial charge >= 0.3 is 5.97 Å². The Bertz CT molecular complexity index is 1300. The van der Waals surface area contributed by atoms with Gasteiger partial charge in [0.1, 0.15) is 5.75 Å². The Morgan fingerprint density at radius 1 is 0.970 bits per heavy atom. The predicted molar refractivity (Wildman–Crippen MR) is 134 cm³/mol. The largest absolute Gasteiger partial charge is 0.494 e. The van der Waals surface area contributed by atoms with Gasteiger partial charge in [-0.2, -0.15) is 0 Å². The lowest BCUT2D eigenvalue weighted by atomic mass is 9.91. The second-order valence-corrected chi connectivity index (χ2v) is 8.26. The highest BCUT2D eigenvalue weighted by atomic mass is 16.5.